The maximum absolute atomic E-state index is 13.0. The van der Waals surface area contributed by atoms with E-state index < -0.39 is 0 Å². The van der Waals surface area contributed by atoms with Crippen molar-refractivity contribution < 1.29 is 8.81 Å². The molecule has 17 heavy (non-hydrogen) atoms. The molecule has 3 rings (SSSR count). The van der Waals surface area contributed by atoms with Crippen molar-refractivity contribution in [3.05, 3.63) is 54.3 Å². The van der Waals surface area contributed by atoms with E-state index in [1.807, 2.05) is 24.3 Å². The molecule has 1 N–H and O–H groups in total. The van der Waals surface area contributed by atoms with Crippen molar-refractivity contribution in [2.45, 2.75) is 0 Å². The molecule has 3 aromatic rings. The van der Waals surface area contributed by atoms with Crippen LogP contribution < -0.4 is 5.32 Å². The molecular formula is C13H9FN2O. The molecule has 0 aliphatic rings. The van der Waals surface area contributed by atoms with Crippen LogP contribution in [0, 0.1) is 5.82 Å². The van der Waals surface area contributed by atoms with Crippen LogP contribution in [-0.4, -0.2) is 4.98 Å². The lowest BCUT2D eigenvalue weighted by molar-refractivity contribution is 0.620. The maximum atomic E-state index is 13.0. The Morgan fingerprint density at radius 3 is 2.76 bits per heavy atom. The molecule has 0 saturated carbocycles. The molecule has 0 fully saturated rings. The van der Waals surface area contributed by atoms with E-state index >= 15 is 0 Å². The molecule has 0 unspecified atom stereocenters. The van der Waals surface area contributed by atoms with E-state index in [1.165, 1.54) is 12.1 Å². The number of nitrogens with one attached hydrogen (secondary N) is 1. The molecule has 1 aromatic heterocycles. The van der Waals surface area contributed by atoms with Gasteiger partial charge in [0.15, 0.2) is 5.58 Å². The Hall–Kier alpha value is -2.36. The lowest BCUT2D eigenvalue weighted by Gasteiger charge is -2.00. The highest BCUT2D eigenvalue weighted by Gasteiger charge is 2.04. The van der Waals surface area contributed by atoms with Crippen LogP contribution in [0.4, 0.5) is 16.1 Å². The van der Waals surface area contributed by atoms with Crippen LogP contribution in [0.5, 0.6) is 0 Å². The van der Waals surface area contributed by atoms with Crippen LogP contribution >= 0.6 is 0 Å². The second-order valence-corrected chi connectivity index (χ2v) is 3.62. The zero-order valence-electron chi connectivity index (χ0n) is 8.85. The Bertz CT molecular complexity index is 630. The number of aromatic nitrogens is 1. The second-order valence-electron chi connectivity index (χ2n) is 3.62. The first-order chi connectivity index (χ1) is 8.31. The minimum atomic E-state index is -0.300. The third-order valence-electron chi connectivity index (χ3n) is 2.37. The molecule has 0 bridgehead atoms. The normalized spacial score (nSPS) is 10.6. The molecule has 4 heteroatoms. The molecule has 3 nitrogen and oxygen atoms in total. The summed E-state index contributed by atoms with van der Waals surface area (Å²) in [5, 5.41) is 2.92. The van der Waals surface area contributed by atoms with Crippen LogP contribution in [-0.2, 0) is 0 Å². The number of hydrogen-bond acceptors (Lipinski definition) is 3. The summed E-state index contributed by atoms with van der Waals surface area (Å²) in [6.07, 6.45) is 0. The summed E-state index contributed by atoms with van der Waals surface area (Å²) in [7, 11) is 0. The van der Waals surface area contributed by atoms with Crippen molar-refractivity contribution in [2.75, 3.05) is 5.32 Å². The molecule has 0 amide bonds. The van der Waals surface area contributed by atoms with Crippen LogP contribution in [0.25, 0.3) is 11.1 Å². The quantitative estimate of drug-likeness (QED) is 0.726. The number of nitrogens with zero attached hydrogens (tertiary/aromatic N) is 1. The van der Waals surface area contributed by atoms with Crippen molar-refractivity contribution in [3.63, 3.8) is 0 Å². The predicted molar refractivity (Wildman–Crippen MR) is 63.7 cm³/mol. The van der Waals surface area contributed by atoms with E-state index in [2.05, 4.69) is 10.3 Å². The van der Waals surface area contributed by atoms with Gasteiger partial charge in [0.25, 0.3) is 6.01 Å². The summed E-state index contributed by atoms with van der Waals surface area (Å²) in [6.45, 7) is 0. The predicted octanol–water partition coefficient (Wildman–Crippen LogP) is 3.71. The van der Waals surface area contributed by atoms with Crippen molar-refractivity contribution >= 4 is 22.8 Å². The number of halogens is 1. The van der Waals surface area contributed by atoms with E-state index in [4.69, 9.17) is 4.42 Å². The fourth-order valence-corrected chi connectivity index (χ4v) is 1.62. The van der Waals surface area contributed by atoms with Crippen LogP contribution in [0.2, 0.25) is 0 Å². The summed E-state index contributed by atoms with van der Waals surface area (Å²) in [5.41, 5.74) is 2.08. The minimum Gasteiger partial charge on any atom is -0.423 e. The lowest BCUT2D eigenvalue weighted by Crippen LogP contribution is -1.90. The van der Waals surface area contributed by atoms with Gasteiger partial charge in [-0.2, -0.15) is 4.98 Å². The van der Waals surface area contributed by atoms with Gasteiger partial charge < -0.3 is 9.73 Å². The molecule has 2 aromatic carbocycles. The van der Waals surface area contributed by atoms with Crippen LogP contribution in [0.15, 0.2) is 52.9 Å². The summed E-state index contributed by atoms with van der Waals surface area (Å²) in [4.78, 5) is 4.24. The number of fused-ring (bicyclic) bond motifs is 1. The minimum absolute atomic E-state index is 0.300. The van der Waals surface area contributed by atoms with Gasteiger partial charge in [-0.25, -0.2) is 4.39 Å². The van der Waals surface area contributed by atoms with E-state index in [1.54, 1.807) is 12.1 Å². The van der Waals surface area contributed by atoms with Gasteiger partial charge >= 0.3 is 0 Å². The summed E-state index contributed by atoms with van der Waals surface area (Å²) < 4.78 is 18.5. The highest BCUT2D eigenvalue weighted by atomic mass is 19.1. The highest BCUT2D eigenvalue weighted by Crippen LogP contribution is 2.21. The fourth-order valence-electron chi connectivity index (χ4n) is 1.62. The monoisotopic (exact) mass is 228 g/mol. The maximum Gasteiger partial charge on any atom is 0.300 e. The van der Waals surface area contributed by atoms with Gasteiger partial charge in [-0.3, -0.25) is 0 Å². The van der Waals surface area contributed by atoms with Gasteiger partial charge in [0.1, 0.15) is 11.3 Å². The molecule has 84 valence electrons. The standard InChI is InChI=1S/C13H9FN2O/c14-9-4-3-5-10(8-9)15-13-16-11-6-1-2-7-12(11)17-13/h1-8H,(H,15,16). The molecule has 0 radical (unpaired) electrons. The van der Waals surface area contributed by atoms with E-state index in [-0.39, 0.29) is 5.82 Å². The van der Waals surface area contributed by atoms with Crippen LogP contribution in [0.1, 0.15) is 0 Å². The zero-order valence-corrected chi connectivity index (χ0v) is 8.85. The van der Waals surface area contributed by atoms with Gasteiger partial charge in [0.05, 0.1) is 0 Å². The number of para-hydroxylation sites is 2. The van der Waals surface area contributed by atoms with Crippen molar-refractivity contribution in [2.24, 2.45) is 0 Å². The molecule has 0 aliphatic heterocycles. The van der Waals surface area contributed by atoms with Gasteiger partial charge in [-0.1, -0.05) is 18.2 Å². The average Bonchev–Trinajstić information content (AvgIpc) is 2.71. The second kappa shape index (κ2) is 3.90. The number of anilines is 2. The number of benzene rings is 2. The first-order valence-electron chi connectivity index (χ1n) is 5.19. The summed E-state index contributed by atoms with van der Waals surface area (Å²) in [5.74, 6) is -0.300. The van der Waals surface area contributed by atoms with E-state index in [0.29, 0.717) is 17.3 Å². The number of rotatable bonds is 2. The topological polar surface area (TPSA) is 38.1 Å². The molecule has 1 heterocycles. The third kappa shape index (κ3) is 1.97. The first-order valence-corrected chi connectivity index (χ1v) is 5.19. The Balaban J connectivity index is 1.94. The van der Waals surface area contributed by atoms with Gasteiger partial charge in [0.2, 0.25) is 0 Å². The fraction of sp³-hybridized carbons (Fsp3) is 0. The zero-order chi connectivity index (χ0) is 11.7. The summed E-state index contributed by atoms with van der Waals surface area (Å²) in [6, 6.07) is 14.0. The van der Waals surface area contributed by atoms with Crippen LogP contribution in [0.3, 0.4) is 0 Å². The summed E-state index contributed by atoms with van der Waals surface area (Å²) >= 11 is 0. The van der Waals surface area contributed by atoms with Crippen molar-refractivity contribution in [1.29, 1.82) is 0 Å². The highest BCUT2D eigenvalue weighted by molar-refractivity contribution is 5.75. The lowest BCUT2D eigenvalue weighted by atomic mass is 10.3. The Kier molecular flexibility index (Phi) is 2.26. The van der Waals surface area contributed by atoms with Gasteiger partial charge in [0, 0.05) is 5.69 Å². The first kappa shape index (κ1) is 9.84. The number of hydrogen-bond donors (Lipinski definition) is 1. The Morgan fingerprint density at radius 2 is 1.94 bits per heavy atom. The Labute approximate surface area is 96.9 Å². The largest absolute Gasteiger partial charge is 0.423 e. The van der Waals surface area contributed by atoms with Gasteiger partial charge in [-0.15, -0.1) is 0 Å². The number of oxazole rings is 1. The van der Waals surface area contributed by atoms with Crippen molar-refractivity contribution in [3.8, 4) is 0 Å². The third-order valence-corrected chi connectivity index (χ3v) is 2.37. The molecule has 0 aliphatic carbocycles. The van der Waals surface area contributed by atoms with E-state index in [0.717, 1.165) is 5.52 Å². The molecular weight excluding hydrogens is 219 g/mol. The van der Waals surface area contributed by atoms with E-state index in [9.17, 15) is 4.39 Å². The SMILES string of the molecule is Fc1cccc(Nc2nc3ccccc3o2)c1. The molecule has 0 saturated heterocycles. The molecule has 0 spiro atoms. The average molecular weight is 228 g/mol. The van der Waals surface area contributed by atoms with Crippen molar-refractivity contribution in [1.82, 2.24) is 4.98 Å². The van der Waals surface area contributed by atoms with Gasteiger partial charge in [-0.05, 0) is 30.3 Å². The molecule has 0 atom stereocenters. The Morgan fingerprint density at radius 1 is 1.06 bits per heavy atom. The smallest absolute Gasteiger partial charge is 0.300 e.